The fourth-order valence-corrected chi connectivity index (χ4v) is 1.75. The number of hydrogen-bond donors (Lipinski definition) is 0. The molecule has 0 N–H and O–H groups in total. The summed E-state index contributed by atoms with van der Waals surface area (Å²) in [5, 5.41) is 0. The Balaban J connectivity index is 3.02. The third-order valence-electron chi connectivity index (χ3n) is 2.81. The quantitative estimate of drug-likeness (QED) is 0.417. The highest BCUT2D eigenvalue weighted by atomic mass is 16.6. The molecule has 0 fully saturated rings. The summed E-state index contributed by atoms with van der Waals surface area (Å²) in [5.41, 5.74) is -0.0665. The van der Waals surface area contributed by atoms with E-state index in [0.29, 0.717) is 0 Å². The molecular weight excluding hydrogens is 292 g/mol. The molecule has 0 aliphatic heterocycles. The van der Waals surface area contributed by atoms with Gasteiger partial charge in [0.2, 0.25) is 0 Å². The van der Waals surface area contributed by atoms with Gasteiger partial charge in [0.15, 0.2) is 11.9 Å². The number of carbonyl (C=O) groups is 3. The Kier molecular flexibility index (Phi) is 6.30. The van der Waals surface area contributed by atoms with Crippen molar-refractivity contribution >= 4 is 17.9 Å². The maximum absolute atomic E-state index is 11.6. The molecule has 0 radical (unpaired) electrons. The highest BCUT2D eigenvalue weighted by Gasteiger charge is 2.28. The molecule has 0 bridgehead atoms. The van der Waals surface area contributed by atoms with Gasteiger partial charge in [-0.25, -0.2) is 9.78 Å². The molecule has 1 unspecified atom stereocenters. The summed E-state index contributed by atoms with van der Waals surface area (Å²) in [4.78, 5) is 38.2. The Bertz CT molecular complexity index is 578. The second-order valence-electron chi connectivity index (χ2n) is 4.31. The van der Waals surface area contributed by atoms with Crippen LogP contribution in [0.15, 0.2) is 24.5 Å². The second kappa shape index (κ2) is 7.96. The van der Waals surface area contributed by atoms with Crippen molar-refractivity contribution in [3.63, 3.8) is 0 Å². The van der Waals surface area contributed by atoms with Crippen LogP contribution in [0, 0.1) is 0 Å². The number of aromatic nitrogens is 2. The van der Waals surface area contributed by atoms with Crippen molar-refractivity contribution in [2.75, 3.05) is 14.2 Å². The number of imidazole rings is 1. The highest BCUT2D eigenvalue weighted by Crippen LogP contribution is 2.25. The zero-order valence-corrected chi connectivity index (χ0v) is 12.7. The van der Waals surface area contributed by atoms with Crippen molar-refractivity contribution in [1.29, 1.82) is 0 Å². The lowest BCUT2D eigenvalue weighted by Crippen LogP contribution is -2.21. The molecule has 0 amide bonds. The van der Waals surface area contributed by atoms with Crippen LogP contribution in [-0.2, 0) is 35.1 Å². The van der Waals surface area contributed by atoms with Crippen molar-refractivity contribution in [2.24, 2.45) is 0 Å². The first-order chi connectivity index (χ1) is 10.4. The number of nitrogens with zero attached hydrogens (tertiary/aromatic N) is 2. The maximum atomic E-state index is 11.6. The van der Waals surface area contributed by atoms with Crippen LogP contribution >= 0.6 is 0 Å². The van der Waals surface area contributed by atoms with Crippen LogP contribution < -0.4 is 0 Å². The fraction of sp³-hybridized carbons (Fsp3) is 0.429. The molecule has 1 rings (SSSR count). The monoisotopic (exact) mass is 310 g/mol. The van der Waals surface area contributed by atoms with Crippen LogP contribution in [0.3, 0.4) is 0 Å². The summed E-state index contributed by atoms with van der Waals surface area (Å²) in [5.74, 6) is -1.43. The predicted molar refractivity (Wildman–Crippen MR) is 74.5 cm³/mol. The van der Waals surface area contributed by atoms with Crippen molar-refractivity contribution in [1.82, 2.24) is 9.55 Å². The molecule has 1 atom stereocenters. The number of carbonyl (C=O) groups excluding carboxylic acids is 3. The minimum Gasteiger partial charge on any atom is -0.469 e. The van der Waals surface area contributed by atoms with Crippen LogP contribution in [0.2, 0.25) is 0 Å². The largest absolute Gasteiger partial charge is 0.469 e. The van der Waals surface area contributed by atoms with E-state index in [1.807, 2.05) is 0 Å². The van der Waals surface area contributed by atoms with Gasteiger partial charge in [0.25, 0.3) is 0 Å². The first-order valence-electron chi connectivity index (χ1n) is 6.42. The summed E-state index contributed by atoms with van der Waals surface area (Å²) in [7, 11) is 2.49. The minimum atomic E-state index is -1.09. The number of aryl methyl sites for hydroxylation is 1. The normalized spacial score (nSPS) is 11.4. The summed E-state index contributed by atoms with van der Waals surface area (Å²) >= 11 is 0. The summed E-state index contributed by atoms with van der Waals surface area (Å²) in [6.45, 7) is 5.06. The van der Waals surface area contributed by atoms with E-state index < -0.39 is 24.0 Å². The Labute approximate surface area is 127 Å². The SMILES string of the molecule is C=C(C(=O)OC)C(OC(C)=O)c1nccn1CCC(=O)OC. The number of ether oxygens (including phenoxy) is 3. The molecule has 22 heavy (non-hydrogen) atoms. The van der Waals surface area contributed by atoms with Gasteiger partial charge in [0.1, 0.15) is 0 Å². The molecule has 120 valence electrons. The van der Waals surface area contributed by atoms with Gasteiger partial charge < -0.3 is 18.8 Å². The Morgan fingerprint density at radius 2 is 2.00 bits per heavy atom. The van der Waals surface area contributed by atoms with Crippen LogP contribution in [0.5, 0.6) is 0 Å². The predicted octanol–water partition coefficient (Wildman–Crippen LogP) is 0.780. The topological polar surface area (TPSA) is 96.7 Å². The van der Waals surface area contributed by atoms with Crippen molar-refractivity contribution in [3.8, 4) is 0 Å². The zero-order chi connectivity index (χ0) is 16.7. The van der Waals surface area contributed by atoms with Gasteiger partial charge in [0, 0.05) is 25.9 Å². The van der Waals surface area contributed by atoms with Gasteiger partial charge >= 0.3 is 17.9 Å². The Hall–Kier alpha value is -2.64. The lowest BCUT2D eigenvalue weighted by atomic mass is 10.1. The molecule has 0 aliphatic rings. The van der Waals surface area contributed by atoms with E-state index in [-0.39, 0.29) is 24.4 Å². The molecule has 0 saturated carbocycles. The first kappa shape index (κ1) is 17.4. The van der Waals surface area contributed by atoms with E-state index in [0.717, 1.165) is 0 Å². The molecule has 0 saturated heterocycles. The van der Waals surface area contributed by atoms with Gasteiger partial charge in [-0.1, -0.05) is 6.58 Å². The van der Waals surface area contributed by atoms with Gasteiger partial charge in [-0.2, -0.15) is 0 Å². The van der Waals surface area contributed by atoms with E-state index in [9.17, 15) is 14.4 Å². The van der Waals surface area contributed by atoms with Crippen molar-refractivity contribution in [2.45, 2.75) is 26.0 Å². The first-order valence-corrected chi connectivity index (χ1v) is 6.42. The lowest BCUT2D eigenvalue weighted by Gasteiger charge is -2.18. The fourth-order valence-electron chi connectivity index (χ4n) is 1.75. The lowest BCUT2D eigenvalue weighted by molar-refractivity contribution is -0.148. The zero-order valence-electron chi connectivity index (χ0n) is 12.7. The van der Waals surface area contributed by atoms with E-state index >= 15 is 0 Å². The second-order valence-corrected chi connectivity index (χ2v) is 4.31. The van der Waals surface area contributed by atoms with Crippen LogP contribution in [0.4, 0.5) is 0 Å². The summed E-state index contributed by atoms with van der Waals surface area (Å²) in [6, 6.07) is 0. The Morgan fingerprint density at radius 3 is 2.55 bits per heavy atom. The number of hydrogen-bond acceptors (Lipinski definition) is 7. The van der Waals surface area contributed by atoms with Crippen LogP contribution in [-0.4, -0.2) is 41.7 Å². The third kappa shape index (κ3) is 4.44. The average Bonchev–Trinajstić information content (AvgIpc) is 2.96. The molecule has 1 heterocycles. The van der Waals surface area contributed by atoms with E-state index in [1.165, 1.54) is 27.3 Å². The van der Waals surface area contributed by atoms with Crippen LogP contribution in [0.1, 0.15) is 25.3 Å². The standard InChI is InChI=1S/C14H18N2O6/c1-9(14(19)21-4)12(22-10(2)17)13-15-6-8-16(13)7-5-11(18)20-3/h6,8,12H,1,5,7H2,2-4H3. The van der Waals surface area contributed by atoms with E-state index in [4.69, 9.17) is 4.74 Å². The highest BCUT2D eigenvalue weighted by molar-refractivity contribution is 5.89. The molecule has 8 heteroatoms. The summed E-state index contributed by atoms with van der Waals surface area (Å²) in [6.07, 6.45) is 2.09. The Morgan fingerprint density at radius 1 is 1.32 bits per heavy atom. The maximum Gasteiger partial charge on any atom is 0.337 e. The van der Waals surface area contributed by atoms with Gasteiger partial charge in [-0.3, -0.25) is 9.59 Å². The van der Waals surface area contributed by atoms with E-state index in [2.05, 4.69) is 21.0 Å². The molecule has 0 aliphatic carbocycles. The van der Waals surface area contributed by atoms with Crippen LogP contribution in [0.25, 0.3) is 0 Å². The minimum absolute atomic E-state index is 0.0665. The number of methoxy groups -OCH3 is 2. The molecule has 1 aromatic rings. The molecular formula is C14H18N2O6. The molecule has 8 nitrogen and oxygen atoms in total. The van der Waals surface area contributed by atoms with Gasteiger partial charge in [0.05, 0.1) is 26.2 Å². The molecule has 1 aromatic heterocycles. The average molecular weight is 310 g/mol. The molecule has 0 spiro atoms. The smallest absolute Gasteiger partial charge is 0.337 e. The third-order valence-corrected chi connectivity index (χ3v) is 2.81. The number of esters is 3. The molecule has 0 aromatic carbocycles. The van der Waals surface area contributed by atoms with Gasteiger partial charge in [-0.05, 0) is 0 Å². The van der Waals surface area contributed by atoms with Crippen molar-refractivity contribution in [3.05, 3.63) is 30.4 Å². The van der Waals surface area contributed by atoms with E-state index in [1.54, 1.807) is 10.8 Å². The van der Waals surface area contributed by atoms with Crippen molar-refractivity contribution < 1.29 is 28.6 Å². The number of rotatable bonds is 7. The van der Waals surface area contributed by atoms with Gasteiger partial charge in [-0.15, -0.1) is 0 Å². The summed E-state index contributed by atoms with van der Waals surface area (Å²) < 4.78 is 15.9.